The lowest BCUT2D eigenvalue weighted by atomic mass is 9.85. The molecule has 2 aliphatic heterocycles. The zero-order valence-corrected chi connectivity index (χ0v) is 26.0. The van der Waals surface area contributed by atoms with E-state index in [0.29, 0.717) is 19.4 Å². The van der Waals surface area contributed by atoms with Crippen LogP contribution in [0, 0.1) is 5.92 Å². The van der Waals surface area contributed by atoms with Crippen molar-refractivity contribution >= 4 is 17.7 Å². The van der Waals surface area contributed by atoms with E-state index in [1.54, 1.807) is 11.9 Å². The first-order valence-corrected chi connectivity index (χ1v) is 15.8. The Balaban J connectivity index is 1.36. The standard InChI is InChI=1S/C36H45N5O3/c1-4-40(3)24-28-23-29-20-21-31(35(43)38-32(26-16-10-6-11-17-26)27-18-12-7-13-19-27)41(29)36(44)33(28)39-34(42)30(37-2)22-25-14-8-5-9-15-25/h5-19,28-33,37H,4,20-24H2,1-3H3,(H,38,43)(H,39,42)/t28-,29?,30?,31+,33+/m1/s1. The number of amides is 3. The van der Waals surface area contributed by atoms with Crippen LogP contribution in [0.5, 0.6) is 0 Å². The maximum absolute atomic E-state index is 14.3. The van der Waals surface area contributed by atoms with Crippen LogP contribution in [0.25, 0.3) is 0 Å². The average molecular weight is 596 g/mol. The van der Waals surface area contributed by atoms with Gasteiger partial charge in [0, 0.05) is 18.5 Å². The lowest BCUT2D eigenvalue weighted by Gasteiger charge is -2.43. The average Bonchev–Trinajstić information content (AvgIpc) is 3.49. The fraction of sp³-hybridized carbons (Fsp3) is 0.417. The summed E-state index contributed by atoms with van der Waals surface area (Å²) in [5.41, 5.74) is 3.01. The Kier molecular flexibility index (Phi) is 10.5. The normalized spacial score (nSPS) is 22.1. The second-order valence-corrected chi connectivity index (χ2v) is 12.1. The highest BCUT2D eigenvalue weighted by molar-refractivity contribution is 5.94. The molecule has 2 saturated heterocycles. The van der Waals surface area contributed by atoms with Gasteiger partial charge in [0.25, 0.3) is 0 Å². The number of nitrogens with zero attached hydrogens (tertiary/aromatic N) is 2. The third kappa shape index (κ3) is 7.20. The molecular formula is C36H45N5O3. The summed E-state index contributed by atoms with van der Waals surface area (Å²) >= 11 is 0. The molecule has 0 spiro atoms. The minimum Gasteiger partial charge on any atom is -0.343 e. The highest BCUT2D eigenvalue weighted by Crippen LogP contribution is 2.36. The fourth-order valence-electron chi connectivity index (χ4n) is 6.76. The van der Waals surface area contributed by atoms with Crippen LogP contribution >= 0.6 is 0 Å². The van der Waals surface area contributed by atoms with E-state index in [-0.39, 0.29) is 35.7 Å². The Morgan fingerprint density at radius 1 is 0.909 bits per heavy atom. The van der Waals surface area contributed by atoms with Crippen molar-refractivity contribution in [3.63, 3.8) is 0 Å². The molecule has 0 bridgehead atoms. The molecule has 0 saturated carbocycles. The summed E-state index contributed by atoms with van der Waals surface area (Å²) in [6.45, 7) is 3.63. The van der Waals surface area contributed by atoms with Gasteiger partial charge in [-0.1, -0.05) is 97.9 Å². The van der Waals surface area contributed by atoms with Gasteiger partial charge in [0.2, 0.25) is 17.7 Å². The molecular weight excluding hydrogens is 550 g/mol. The van der Waals surface area contributed by atoms with Crippen molar-refractivity contribution in [1.82, 2.24) is 25.8 Å². The molecule has 232 valence electrons. The Hall–Kier alpha value is -4.01. The van der Waals surface area contributed by atoms with Crippen molar-refractivity contribution in [2.24, 2.45) is 5.92 Å². The van der Waals surface area contributed by atoms with Crippen LogP contribution in [0.3, 0.4) is 0 Å². The van der Waals surface area contributed by atoms with E-state index >= 15 is 0 Å². The van der Waals surface area contributed by atoms with E-state index in [1.165, 1.54) is 0 Å². The Morgan fingerprint density at radius 3 is 2.07 bits per heavy atom. The molecule has 0 aromatic heterocycles. The van der Waals surface area contributed by atoms with Gasteiger partial charge in [-0.25, -0.2) is 0 Å². The Bertz CT molecular complexity index is 1350. The van der Waals surface area contributed by atoms with E-state index in [2.05, 4.69) is 27.8 Å². The molecule has 2 heterocycles. The zero-order chi connectivity index (χ0) is 31.1. The van der Waals surface area contributed by atoms with Gasteiger partial charge in [-0.3, -0.25) is 14.4 Å². The monoisotopic (exact) mass is 595 g/mol. The van der Waals surface area contributed by atoms with Gasteiger partial charge in [-0.2, -0.15) is 0 Å². The molecule has 8 heteroatoms. The van der Waals surface area contributed by atoms with Crippen molar-refractivity contribution in [2.45, 2.75) is 62.8 Å². The number of carbonyl (C=O) groups is 3. The highest BCUT2D eigenvalue weighted by Gasteiger charge is 2.50. The van der Waals surface area contributed by atoms with Crippen LogP contribution in [-0.2, 0) is 20.8 Å². The first-order chi connectivity index (χ1) is 21.4. The first kappa shape index (κ1) is 31.4. The summed E-state index contributed by atoms with van der Waals surface area (Å²) in [5, 5.41) is 9.54. The van der Waals surface area contributed by atoms with Gasteiger partial charge in [0.15, 0.2) is 0 Å². The molecule has 3 aromatic carbocycles. The molecule has 3 aromatic rings. The first-order valence-electron chi connectivity index (χ1n) is 15.8. The molecule has 3 N–H and O–H groups in total. The summed E-state index contributed by atoms with van der Waals surface area (Å²) in [4.78, 5) is 45.9. The van der Waals surface area contributed by atoms with Crippen LogP contribution in [0.15, 0.2) is 91.0 Å². The van der Waals surface area contributed by atoms with Crippen LogP contribution in [-0.4, -0.2) is 78.9 Å². The second-order valence-electron chi connectivity index (χ2n) is 12.1. The number of benzene rings is 3. The van der Waals surface area contributed by atoms with E-state index < -0.39 is 18.1 Å². The molecule has 2 aliphatic rings. The third-order valence-electron chi connectivity index (χ3n) is 9.26. The molecule has 5 rings (SSSR count). The van der Waals surface area contributed by atoms with Crippen molar-refractivity contribution in [2.75, 3.05) is 27.2 Å². The summed E-state index contributed by atoms with van der Waals surface area (Å²) in [7, 11) is 3.81. The number of likely N-dealkylation sites (N-methyl/N-ethyl adjacent to an activating group) is 1. The molecule has 2 unspecified atom stereocenters. The van der Waals surface area contributed by atoms with Crippen molar-refractivity contribution in [3.05, 3.63) is 108 Å². The van der Waals surface area contributed by atoms with Crippen molar-refractivity contribution < 1.29 is 14.4 Å². The minimum absolute atomic E-state index is 0.0297. The predicted octanol–water partition coefficient (Wildman–Crippen LogP) is 3.54. The number of fused-ring (bicyclic) bond motifs is 1. The van der Waals surface area contributed by atoms with Crippen LogP contribution in [0.1, 0.15) is 48.9 Å². The topological polar surface area (TPSA) is 93.8 Å². The van der Waals surface area contributed by atoms with Gasteiger partial charge in [-0.15, -0.1) is 0 Å². The van der Waals surface area contributed by atoms with E-state index in [1.807, 2.05) is 98.0 Å². The zero-order valence-electron chi connectivity index (χ0n) is 26.0. The van der Waals surface area contributed by atoms with E-state index in [4.69, 9.17) is 0 Å². The Labute approximate surface area is 261 Å². The van der Waals surface area contributed by atoms with Gasteiger partial charge >= 0.3 is 0 Å². The molecule has 2 fully saturated rings. The van der Waals surface area contributed by atoms with Crippen LogP contribution in [0.4, 0.5) is 0 Å². The highest BCUT2D eigenvalue weighted by atomic mass is 16.2. The third-order valence-corrected chi connectivity index (χ3v) is 9.26. The number of rotatable bonds is 12. The molecule has 3 amide bonds. The lowest BCUT2D eigenvalue weighted by molar-refractivity contribution is -0.149. The van der Waals surface area contributed by atoms with E-state index in [9.17, 15) is 14.4 Å². The minimum atomic E-state index is -0.702. The maximum Gasteiger partial charge on any atom is 0.246 e. The second kappa shape index (κ2) is 14.6. The van der Waals surface area contributed by atoms with Gasteiger partial charge < -0.3 is 25.8 Å². The number of nitrogens with one attached hydrogen (secondary N) is 3. The Morgan fingerprint density at radius 2 is 1.50 bits per heavy atom. The summed E-state index contributed by atoms with van der Waals surface area (Å²) in [6, 6.07) is 27.6. The van der Waals surface area contributed by atoms with Crippen molar-refractivity contribution in [3.8, 4) is 0 Å². The lowest BCUT2D eigenvalue weighted by Crippen LogP contribution is -2.64. The molecule has 44 heavy (non-hydrogen) atoms. The maximum atomic E-state index is 14.3. The quantitative estimate of drug-likeness (QED) is 0.298. The largest absolute Gasteiger partial charge is 0.343 e. The van der Waals surface area contributed by atoms with Gasteiger partial charge in [-0.05, 0) is 63.0 Å². The van der Waals surface area contributed by atoms with Gasteiger partial charge in [0.05, 0.1) is 12.1 Å². The molecule has 0 aliphatic carbocycles. The van der Waals surface area contributed by atoms with Crippen LogP contribution < -0.4 is 16.0 Å². The van der Waals surface area contributed by atoms with E-state index in [0.717, 1.165) is 36.1 Å². The number of hydrogen-bond donors (Lipinski definition) is 3. The molecule has 8 nitrogen and oxygen atoms in total. The summed E-state index contributed by atoms with van der Waals surface area (Å²) in [6.07, 6.45) is 2.63. The number of hydrogen-bond acceptors (Lipinski definition) is 5. The number of carbonyl (C=O) groups excluding carboxylic acids is 3. The molecule has 5 atom stereocenters. The van der Waals surface area contributed by atoms with Crippen molar-refractivity contribution in [1.29, 1.82) is 0 Å². The van der Waals surface area contributed by atoms with Crippen LogP contribution in [0.2, 0.25) is 0 Å². The smallest absolute Gasteiger partial charge is 0.246 e. The number of piperidine rings is 1. The predicted molar refractivity (Wildman–Crippen MR) is 173 cm³/mol. The van der Waals surface area contributed by atoms with Gasteiger partial charge in [0.1, 0.15) is 12.1 Å². The summed E-state index contributed by atoms with van der Waals surface area (Å²) in [5.74, 6) is -0.571. The fourth-order valence-corrected chi connectivity index (χ4v) is 6.76. The SMILES string of the molecule is CCN(C)C[C@H]1CC2CC[C@@H](C(=O)NC(c3ccccc3)c3ccccc3)N2C(=O)[C@H]1NC(=O)C(Cc1ccccc1)NC. The molecule has 0 radical (unpaired) electrons. The summed E-state index contributed by atoms with van der Waals surface area (Å²) < 4.78 is 0.